The van der Waals surface area contributed by atoms with Gasteiger partial charge in [0.25, 0.3) is 5.91 Å². The van der Waals surface area contributed by atoms with Gasteiger partial charge in [-0.05, 0) is 47.1 Å². The summed E-state index contributed by atoms with van der Waals surface area (Å²) in [4.78, 5) is 16.6. The molecule has 1 aliphatic rings. The van der Waals surface area contributed by atoms with Crippen molar-refractivity contribution in [3.63, 3.8) is 0 Å². The first kappa shape index (κ1) is 15.8. The predicted molar refractivity (Wildman–Crippen MR) is 83.2 cm³/mol. The lowest BCUT2D eigenvalue weighted by Crippen LogP contribution is -2.36. The lowest BCUT2D eigenvalue weighted by atomic mass is 10.2. The van der Waals surface area contributed by atoms with Crippen molar-refractivity contribution in [2.24, 2.45) is 0 Å². The van der Waals surface area contributed by atoms with Crippen molar-refractivity contribution in [1.82, 2.24) is 9.80 Å². The maximum absolute atomic E-state index is 12.5. The summed E-state index contributed by atoms with van der Waals surface area (Å²) in [6, 6.07) is 5.23. The zero-order chi connectivity index (χ0) is 14.5. The van der Waals surface area contributed by atoms with Gasteiger partial charge in [0.05, 0.1) is 12.2 Å². The monoisotopic (exact) mass is 360 g/mol. The SMILES string of the molecule is O=C(c1ccc(Cl)cc1Br)N1CCCN(CCO)CC1. The first-order chi connectivity index (χ1) is 9.61. The van der Waals surface area contributed by atoms with Crippen molar-refractivity contribution in [3.05, 3.63) is 33.3 Å². The molecule has 1 saturated heterocycles. The molecule has 1 aliphatic heterocycles. The summed E-state index contributed by atoms with van der Waals surface area (Å²) in [6.45, 7) is 4.00. The van der Waals surface area contributed by atoms with Gasteiger partial charge in [-0.1, -0.05) is 11.6 Å². The van der Waals surface area contributed by atoms with Crippen LogP contribution in [0.25, 0.3) is 0 Å². The van der Waals surface area contributed by atoms with E-state index in [1.54, 1.807) is 18.2 Å². The van der Waals surface area contributed by atoms with E-state index in [2.05, 4.69) is 20.8 Å². The average Bonchev–Trinajstić information content (AvgIpc) is 2.64. The lowest BCUT2D eigenvalue weighted by Gasteiger charge is -2.22. The van der Waals surface area contributed by atoms with Crippen molar-refractivity contribution in [3.8, 4) is 0 Å². The Hall–Kier alpha value is -0.620. The van der Waals surface area contributed by atoms with Gasteiger partial charge in [-0.3, -0.25) is 9.69 Å². The molecule has 0 atom stereocenters. The first-order valence-electron chi connectivity index (χ1n) is 6.69. The summed E-state index contributed by atoms with van der Waals surface area (Å²) in [5, 5.41) is 9.59. The highest BCUT2D eigenvalue weighted by Crippen LogP contribution is 2.23. The Bertz CT molecular complexity index is 484. The molecule has 4 nitrogen and oxygen atoms in total. The summed E-state index contributed by atoms with van der Waals surface area (Å²) >= 11 is 9.30. The number of amides is 1. The number of rotatable bonds is 3. The highest BCUT2D eigenvalue weighted by Gasteiger charge is 2.21. The van der Waals surface area contributed by atoms with Crippen molar-refractivity contribution in [1.29, 1.82) is 0 Å². The van der Waals surface area contributed by atoms with E-state index in [1.807, 2.05) is 4.90 Å². The molecule has 1 N–H and O–H groups in total. The van der Waals surface area contributed by atoms with E-state index in [4.69, 9.17) is 16.7 Å². The van der Waals surface area contributed by atoms with Crippen molar-refractivity contribution < 1.29 is 9.90 Å². The second kappa shape index (κ2) is 7.41. The van der Waals surface area contributed by atoms with Gasteiger partial charge in [-0.15, -0.1) is 0 Å². The third kappa shape index (κ3) is 3.95. The molecular formula is C14H18BrClN2O2. The van der Waals surface area contributed by atoms with Gasteiger partial charge in [0, 0.05) is 35.7 Å². The number of halogens is 2. The van der Waals surface area contributed by atoms with Crippen LogP contribution < -0.4 is 0 Å². The Balaban J connectivity index is 2.05. The molecule has 2 rings (SSSR count). The number of hydrogen-bond donors (Lipinski definition) is 1. The second-order valence-corrected chi connectivity index (χ2v) is 6.13. The zero-order valence-corrected chi connectivity index (χ0v) is 13.5. The zero-order valence-electron chi connectivity index (χ0n) is 11.2. The Morgan fingerprint density at radius 2 is 2.10 bits per heavy atom. The molecule has 110 valence electrons. The summed E-state index contributed by atoms with van der Waals surface area (Å²) < 4.78 is 0.728. The van der Waals surface area contributed by atoms with Crippen LogP contribution in [-0.2, 0) is 0 Å². The second-order valence-electron chi connectivity index (χ2n) is 4.84. The molecule has 0 unspecified atom stereocenters. The lowest BCUT2D eigenvalue weighted by molar-refractivity contribution is 0.0759. The maximum Gasteiger partial charge on any atom is 0.255 e. The average molecular weight is 362 g/mol. The molecule has 1 amide bonds. The van der Waals surface area contributed by atoms with Gasteiger partial charge in [0.15, 0.2) is 0 Å². The van der Waals surface area contributed by atoms with E-state index >= 15 is 0 Å². The molecule has 0 spiro atoms. The summed E-state index contributed by atoms with van der Waals surface area (Å²) in [5.74, 6) is 0.0272. The first-order valence-corrected chi connectivity index (χ1v) is 7.86. The number of β-amino-alcohol motifs (C(OH)–C–C–N with tert-alkyl or cyclic N) is 1. The molecule has 1 heterocycles. The van der Waals surface area contributed by atoms with Crippen molar-refractivity contribution in [2.45, 2.75) is 6.42 Å². The summed E-state index contributed by atoms with van der Waals surface area (Å²) in [7, 11) is 0. The molecule has 1 fully saturated rings. The van der Waals surface area contributed by atoms with E-state index in [0.717, 1.165) is 30.5 Å². The minimum Gasteiger partial charge on any atom is -0.395 e. The van der Waals surface area contributed by atoms with Gasteiger partial charge in [0.1, 0.15) is 0 Å². The largest absolute Gasteiger partial charge is 0.395 e. The molecule has 20 heavy (non-hydrogen) atoms. The summed E-state index contributed by atoms with van der Waals surface area (Å²) in [6.07, 6.45) is 0.928. The smallest absolute Gasteiger partial charge is 0.255 e. The van der Waals surface area contributed by atoms with Crippen LogP contribution in [-0.4, -0.2) is 60.1 Å². The third-order valence-corrected chi connectivity index (χ3v) is 4.34. The molecule has 0 bridgehead atoms. The molecule has 1 aromatic rings. The van der Waals surface area contributed by atoms with Crippen LogP contribution in [0.3, 0.4) is 0 Å². The van der Waals surface area contributed by atoms with Gasteiger partial charge in [-0.2, -0.15) is 0 Å². The quantitative estimate of drug-likeness (QED) is 0.898. The van der Waals surface area contributed by atoms with Gasteiger partial charge >= 0.3 is 0 Å². The minimum atomic E-state index is 0.0272. The van der Waals surface area contributed by atoms with Crippen LogP contribution >= 0.6 is 27.5 Å². The number of aliphatic hydroxyl groups excluding tert-OH is 1. The standard InChI is InChI=1S/C14H18BrClN2O2/c15-13-10-11(16)2-3-12(13)14(20)18-5-1-4-17(6-7-18)8-9-19/h2-3,10,19H,1,4-9H2. The topological polar surface area (TPSA) is 43.8 Å². The highest BCUT2D eigenvalue weighted by atomic mass is 79.9. The van der Waals surface area contributed by atoms with E-state index in [1.165, 1.54) is 0 Å². The summed E-state index contributed by atoms with van der Waals surface area (Å²) in [5.41, 5.74) is 0.644. The van der Waals surface area contributed by atoms with Crippen LogP contribution in [0.1, 0.15) is 16.8 Å². The van der Waals surface area contributed by atoms with E-state index in [9.17, 15) is 4.79 Å². The fourth-order valence-corrected chi connectivity index (χ4v) is 3.22. The highest BCUT2D eigenvalue weighted by molar-refractivity contribution is 9.10. The molecule has 0 aliphatic carbocycles. The van der Waals surface area contributed by atoms with E-state index in [0.29, 0.717) is 23.7 Å². The molecule has 1 aromatic carbocycles. The van der Waals surface area contributed by atoms with E-state index in [-0.39, 0.29) is 12.5 Å². The molecule has 0 radical (unpaired) electrons. The van der Waals surface area contributed by atoms with Crippen LogP contribution in [0.15, 0.2) is 22.7 Å². The third-order valence-electron chi connectivity index (χ3n) is 3.45. The van der Waals surface area contributed by atoms with Crippen LogP contribution in [0.4, 0.5) is 0 Å². The van der Waals surface area contributed by atoms with Crippen molar-refractivity contribution >= 4 is 33.4 Å². The van der Waals surface area contributed by atoms with Crippen LogP contribution in [0.2, 0.25) is 5.02 Å². The maximum atomic E-state index is 12.5. The molecule has 6 heteroatoms. The number of benzene rings is 1. The van der Waals surface area contributed by atoms with E-state index < -0.39 is 0 Å². The fraction of sp³-hybridized carbons (Fsp3) is 0.500. The number of aliphatic hydroxyl groups is 1. The Kier molecular flexibility index (Phi) is 5.84. The number of hydrogen-bond acceptors (Lipinski definition) is 3. The molecular weight excluding hydrogens is 344 g/mol. The van der Waals surface area contributed by atoms with Gasteiger partial charge in [0.2, 0.25) is 0 Å². The Labute approximate surface area is 132 Å². The van der Waals surface area contributed by atoms with Gasteiger partial charge < -0.3 is 10.0 Å². The fourth-order valence-electron chi connectivity index (χ4n) is 2.37. The normalized spacial score (nSPS) is 17.1. The minimum absolute atomic E-state index is 0.0272. The predicted octanol–water partition coefficient (Wildman–Crippen LogP) is 2.24. The number of carbonyl (C=O) groups excluding carboxylic acids is 1. The Morgan fingerprint density at radius 3 is 2.80 bits per heavy atom. The number of carbonyl (C=O) groups is 1. The molecule has 0 aromatic heterocycles. The van der Waals surface area contributed by atoms with Crippen LogP contribution in [0.5, 0.6) is 0 Å². The van der Waals surface area contributed by atoms with Gasteiger partial charge in [-0.25, -0.2) is 0 Å². The molecule has 0 saturated carbocycles. The van der Waals surface area contributed by atoms with Crippen LogP contribution in [0, 0.1) is 0 Å². The van der Waals surface area contributed by atoms with Crippen molar-refractivity contribution in [2.75, 3.05) is 39.3 Å². The Morgan fingerprint density at radius 1 is 1.30 bits per heavy atom. The number of nitrogens with zero attached hydrogens (tertiary/aromatic N) is 2.